The molecule has 2 aromatic carbocycles. The van der Waals surface area contributed by atoms with Crippen molar-refractivity contribution in [3.05, 3.63) is 70.0 Å². The zero-order chi connectivity index (χ0) is 16.9. The van der Waals surface area contributed by atoms with E-state index in [0.29, 0.717) is 23.2 Å². The van der Waals surface area contributed by atoms with Crippen LogP contribution in [-0.4, -0.2) is 22.4 Å². The minimum atomic E-state index is -0.533. The van der Waals surface area contributed by atoms with E-state index in [1.165, 1.54) is 12.1 Å². The lowest BCUT2D eigenvalue weighted by atomic mass is 10.1. The number of rotatable bonds is 5. The summed E-state index contributed by atoms with van der Waals surface area (Å²) in [5.74, 6) is 0.0789. The number of carbonyl (C=O) groups is 2. The summed E-state index contributed by atoms with van der Waals surface area (Å²) in [4.78, 5) is 26.7. The topological polar surface area (TPSA) is 82.3 Å². The summed E-state index contributed by atoms with van der Waals surface area (Å²) in [6, 6.07) is 13.6. The van der Waals surface area contributed by atoms with Gasteiger partial charge in [-0.1, -0.05) is 45.4 Å². The van der Waals surface area contributed by atoms with Gasteiger partial charge in [-0.25, -0.2) is 4.79 Å². The van der Waals surface area contributed by atoms with Crippen molar-refractivity contribution >= 4 is 28.2 Å². The molecule has 24 heavy (non-hydrogen) atoms. The molecule has 0 fully saturated rings. The summed E-state index contributed by atoms with van der Waals surface area (Å²) in [5, 5.41) is 3.86. The van der Waals surface area contributed by atoms with Crippen LogP contribution in [0.1, 0.15) is 26.6 Å². The van der Waals surface area contributed by atoms with Gasteiger partial charge in [-0.15, -0.1) is 0 Å². The van der Waals surface area contributed by atoms with Crippen LogP contribution in [0.4, 0.5) is 0 Å². The van der Waals surface area contributed by atoms with E-state index in [1.807, 2.05) is 24.3 Å². The predicted molar refractivity (Wildman–Crippen MR) is 88.4 cm³/mol. The molecule has 3 aromatic rings. The monoisotopic (exact) mass is 386 g/mol. The number of halogens is 1. The van der Waals surface area contributed by atoms with E-state index in [4.69, 9.17) is 9.26 Å². The van der Waals surface area contributed by atoms with Gasteiger partial charge < -0.3 is 9.26 Å². The van der Waals surface area contributed by atoms with Gasteiger partial charge in [0.25, 0.3) is 5.89 Å². The van der Waals surface area contributed by atoms with Gasteiger partial charge in [0.15, 0.2) is 6.61 Å². The molecule has 0 N–H and O–H groups in total. The molecule has 0 aliphatic rings. The first kappa shape index (κ1) is 16.1. The predicted octanol–water partition coefficient (Wildman–Crippen LogP) is 3.67. The third-order valence-corrected chi connectivity index (χ3v) is 3.65. The number of esters is 1. The number of hydrogen-bond donors (Lipinski definition) is 0. The second-order valence-electron chi connectivity index (χ2n) is 4.84. The molecular weight excluding hydrogens is 376 g/mol. The molecule has 0 atom stereocenters. The fraction of sp³-hybridized carbons (Fsp3) is 0.0588. The molecule has 0 unspecified atom stereocenters. The van der Waals surface area contributed by atoms with Gasteiger partial charge >= 0.3 is 5.97 Å². The minimum Gasteiger partial charge on any atom is -0.452 e. The Morgan fingerprint density at radius 3 is 2.71 bits per heavy atom. The smallest absolute Gasteiger partial charge is 0.338 e. The van der Waals surface area contributed by atoms with Gasteiger partial charge in [-0.2, -0.15) is 4.98 Å². The maximum absolute atomic E-state index is 11.9. The Kier molecular flexibility index (Phi) is 4.81. The Hall–Kier alpha value is -2.80. The molecule has 0 saturated heterocycles. The van der Waals surface area contributed by atoms with Crippen molar-refractivity contribution in [1.29, 1.82) is 0 Å². The Labute approximate surface area is 145 Å². The first-order valence-corrected chi connectivity index (χ1v) is 7.76. The van der Waals surface area contributed by atoms with Gasteiger partial charge in [0, 0.05) is 15.6 Å². The Balaban J connectivity index is 1.64. The fourth-order valence-corrected chi connectivity index (χ4v) is 2.37. The third kappa shape index (κ3) is 3.75. The lowest BCUT2D eigenvalue weighted by Crippen LogP contribution is -2.05. The number of aldehydes is 1. The minimum absolute atomic E-state index is 0.130. The SMILES string of the molecule is O=Cc1ccc(C(=O)OCc2nc(-c3cccc(Br)c3)no2)cc1. The molecule has 0 spiro atoms. The van der Waals surface area contributed by atoms with Crippen molar-refractivity contribution < 1.29 is 18.8 Å². The normalized spacial score (nSPS) is 10.4. The fourth-order valence-electron chi connectivity index (χ4n) is 1.97. The van der Waals surface area contributed by atoms with Crippen molar-refractivity contribution in [1.82, 2.24) is 10.1 Å². The highest BCUT2D eigenvalue weighted by Gasteiger charge is 2.12. The quantitative estimate of drug-likeness (QED) is 0.491. The van der Waals surface area contributed by atoms with Crippen LogP contribution in [0.5, 0.6) is 0 Å². The standard InChI is InChI=1S/C17H11BrN2O4/c18-14-3-1-2-13(8-14)16-19-15(24-20-16)10-23-17(22)12-6-4-11(9-21)5-7-12/h1-9H,10H2. The van der Waals surface area contributed by atoms with Crippen molar-refractivity contribution in [2.75, 3.05) is 0 Å². The Bertz CT molecular complexity index is 874. The molecule has 3 rings (SSSR count). The Morgan fingerprint density at radius 1 is 1.21 bits per heavy atom. The molecule has 120 valence electrons. The lowest BCUT2D eigenvalue weighted by molar-refractivity contribution is 0.0429. The van der Waals surface area contributed by atoms with Crippen molar-refractivity contribution in [2.24, 2.45) is 0 Å². The highest BCUT2D eigenvalue weighted by Crippen LogP contribution is 2.20. The highest BCUT2D eigenvalue weighted by atomic mass is 79.9. The van der Waals surface area contributed by atoms with Crippen molar-refractivity contribution in [2.45, 2.75) is 6.61 Å². The van der Waals surface area contributed by atoms with Crippen molar-refractivity contribution in [3.8, 4) is 11.4 Å². The largest absolute Gasteiger partial charge is 0.452 e. The molecule has 0 bridgehead atoms. The van der Waals surface area contributed by atoms with Crippen LogP contribution in [0.15, 0.2) is 57.5 Å². The van der Waals surface area contributed by atoms with E-state index in [9.17, 15) is 9.59 Å². The van der Waals surface area contributed by atoms with E-state index in [1.54, 1.807) is 12.1 Å². The van der Waals surface area contributed by atoms with E-state index in [-0.39, 0.29) is 12.5 Å². The first-order valence-electron chi connectivity index (χ1n) is 6.96. The molecule has 0 radical (unpaired) electrons. The van der Waals surface area contributed by atoms with Crippen LogP contribution in [0.2, 0.25) is 0 Å². The molecule has 0 amide bonds. The molecular formula is C17H11BrN2O4. The molecule has 1 aromatic heterocycles. The second kappa shape index (κ2) is 7.18. The molecule has 0 aliphatic heterocycles. The Morgan fingerprint density at radius 2 is 2.00 bits per heavy atom. The zero-order valence-corrected chi connectivity index (χ0v) is 13.9. The van der Waals surface area contributed by atoms with Crippen LogP contribution >= 0.6 is 15.9 Å². The highest BCUT2D eigenvalue weighted by molar-refractivity contribution is 9.10. The first-order chi connectivity index (χ1) is 11.7. The van der Waals surface area contributed by atoms with Gasteiger partial charge in [-0.3, -0.25) is 4.79 Å². The van der Waals surface area contributed by atoms with Crippen LogP contribution in [0, 0.1) is 0 Å². The van der Waals surface area contributed by atoms with Crippen LogP contribution in [0.3, 0.4) is 0 Å². The average Bonchev–Trinajstić information content (AvgIpc) is 3.09. The second-order valence-corrected chi connectivity index (χ2v) is 5.75. The van der Waals surface area contributed by atoms with Gasteiger partial charge in [-0.05, 0) is 24.3 Å². The molecule has 0 aliphatic carbocycles. The molecule has 1 heterocycles. The van der Waals surface area contributed by atoms with E-state index in [2.05, 4.69) is 26.1 Å². The van der Waals surface area contributed by atoms with Crippen LogP contribution < -0.4 is 0 Å². The van der Waals surface area contributed by atoms with Crippen LogP contribution in [-0.2, 0) is 11.3 Å². The summed E-state index contributed by atoms with van der Waals surface area (Å²) < 4.78 is 11.1. The molecule has 0 saturated carbocycles. The van der Waals surface area contributed by atoms with E-state index in [0.717, 1.165) is 10.0 Å². The maximum Gasteiger partial charge on any atom is 0.338 e. The van der Waals surface area contributed by atoms with Crippen LogP contribution in [0.25, 0.3) is 11.4 Å². The summed E-state index contributed by atoms with van der Waals surface area (Å²) in [7, 11) is 0. The summed E-state index contributed by atoms with van der Waals surface area (Å²) >= 11 is 3.37. The zero-order valence-electron chi connectivity index (χ0n) is 12.3. The van der Waals surface area contributed by atoms with Crippen molar-refractivity contribution in [3.63, 3.8) is 0 Å². The summed E-state index contributed by atoms with van der Waals surface area (Å²) in [6.45, 7) is -0.130. The van der Waals surface area contributed by atoms with E-state index < -0.39 is 5.97 Å². The molecule has 6 nitrogen and oxygen atoms in total. The van der Waals surface area contributed by atoms with E-state index >= 15 is 0 Å². The summed E-state index contributed by atoms with van der Waals surface area (Å²) in [6.07, 6.45) is 0.705. The number of carbonyl (C=O) groups excluding carboxylic acids is 2. The third-order valence-electron chi connectivity index (χ3n) is 3.16. The number of nitrogens with zero attached hydrogens (tertiary/aromatic N) is 2. The van der Waals surface area contributed by atoms with Gasteiger partial charge in [0.2, 0.25) is 5.82 Å². The molecule has 7 heteroatoms. The number of hydrogen-bond acceptors (Lipinski definition) is 6. The number of benzene rings is 2. The number of aromatic nitrogens is 2. The van der Waals surface area contributed by atoms with Gasteiger partial charge in [0.1, 0.15) is 6.29 Å². The summed E-state index contributed by atoms with van der Waals surface area (Å²) in [5.41, 5.74) is 1.62. The maximum atomic E-state index is 11.9. The lowest BCUT2D eigenvalue weighted by Gasteiger charge is -2.01. The van der Waals surface area contributed by atoms with Gasteiger partial charge in [0.05, 0.1) is 5.56 Å². The average molecular weight is 387 g/mol. The number of ether oxygens (including phenoxy) is 1.